The van der Waals surface area contributed by atoms with Gasteiger partial charge in [0.1, 0.15) is 40.2 Å². The molecule has 77 heavy (non-hydrogen) atoms. The Bertz CT molecular complexity index is 3700. The minimum atomic E-state index is -0.839. The molecule has 1 unspecified atom stereocenters. The molecule has 2 aliphatic carbocycles. The van der Waals surface area contributed by atoms with E-state index in [0.717, 1.165) is 110 Å². The molecule has 0 radical (unpaired) electrons. The molecule has 2 heterocycles. The quantitative estimate of drug-likeness (QED) is 0.134. The fraction of sp³-hybridized carbons (Fsp3) is 0.217. The van der Waals surface area contributed by atoms with Crippen LogP contribution in [0, 0.1) is 0 Å². The van der Waals surface area contributed by atoms with Gasteiger partial charge in [-0.05, 0) is 174 Å². The molecule has 8 nitrogen and oxygen atoms in total. The Labute approximate surface area is 451 Å². The molecule has 0 bridgehead atoms. The van der Waals surface area contributed by atoms with Crippen molar-refractivity contribution in [2.24, 2.45) is 0 Å². The van der Waals surface area contributed by atoms with Gasteiger partial charge in [0.25, 0.3) is 0 Å². The maximum absolute atomic E-state index is 7.35. The van der Waals surface area contributed by atoms with Crippen LogP contribution >= 0.6 is 0 Å². The fourth-order valence-electron chi connectivity index (χ4n) is 12.2. The Morgan fingerprint density at radius 3 is 1.39 bits per heavy atom. The molecular weight excluding hydrogens is 955 g/mol. The monoisotopic (exact) mass is 1020 g/mol. The molecule has 386 valence electrons. The third kappa shape index (κ3) is 8.47. The van der Waals surface area contributed by atoms with Crippen molar-refractivity contribution in [3.63, 3.8) is 0 Å². The topological polar surface area (TPSA) is 67.9 Å². The average Bonchev–Trinajstić information content (AvgIpc) is 3.58. The Morgan fingerprint density at radius 2 is 0.857 bits per heavy atom. The lowest BCUT2D eigenvalue weighted by Gasteiger charge is -2.38. The van der Waals surface area contributed by atoms with Crippen LogP contribution in [0.2, 0.25) is 0 Å². The second-order valence-corrected chi connectivity index (χ2v) is 20.5. The highest BCUT2D eigenvalue weighted by atomic mass is 16.5. The van der Waals surface area contributed by atoms with Crippen LogP contribution in [-0.2, 0) is 36.9 Å². The molecule has 0 spiro atoms. The summed E-state index contributed by atoms with van der Waals surface area (Å²) < 4.78 is 42.1. The van der Waals surface area contributed by atoms with E-state index in [1.54, 1.807) is 35.5 Å². The van der Waals surface area contributed by atoms with Crippen LogP contribution in [0.5, 0.6) is 40.2 Å². The van der Waals surface area contributed by atoms with Gasteiger partial charge in [-0.3, -0.25) is 0 Å². The predicted molar refractivity (Wildman–Crippen MR) is 311 cm³/mol. The van der Waals surface area contributed by atoms with Crippen LogP contribution in [0.4, 0.5) is 5.69 Å². The number of methoxy groups -OCH3 is 5. The van der Waals surface area contributed by atoms with E-state index < -0.39 is 11.2 Å². The van der Waals surface area contributed by atoms with Crippen LogP contribution in [-0.4, -0.2) is 49.6 Å². The van der Waals surface area contributed by atoms with E-state index in [-0.39, 0.29) is 0 Å². The smallest absolute Gasteiger partial charge is 0.178 e. The number of benzene rings is 9. The number of ether oxygens (including phenoxy) is 7. The summed E-state index contributed by atoms with van der Waals surface area (Å²) in [4.78, 5) is 2.11. The molecule has 0 aromatic heterocycles. The molecule has 9 aromatic carbocycles. The number of hydrogen-bond acceptors (Lipinski definition) is 8. The molecule has 13 rings (SSSR count). The zero-order chi connectivity index (χ0) is 52.8. The first-order valence-electron chi connectivity index (χ1n) is 26.6. The molecule has 0 saturated carbocycles. The number of nitrogens with zero attached hydrogens (tertiary/aromatic N) is 1. The van der Waals surface area contributed by atoms with Crippen LogP contribution < -0.4 is 38.1 Å². The maximum Gasteiger partial charge on any atom is 0.178 e. The first-order valence-corrected chi connectivity index (χ1v) is 26.6. The average molecular weight is 1020 g/mol. The molecule has 2 aliphatic heterocycles. The summed E-state index contributed by atoms with van der Waals surface area (Å²) in [6.45, 7) is 0. The highest BCUT2D eigenvalue weighted by Crippen LogP contribution is 2.53. The normalized spacial score (nSPS) is 16.2. The summed E-state index contributed by atoms with van der Waals surface area (Å²) in [5.41, 5.74) is 14.2. The van der Waals surface area contributed by atoms with Crippen molar-refractivity contribution in [3.05, 3.63) is 226 Å². The summed E-state index contributed by atoms with van der Waals surface area (Å²) >= 11 is 0. The van der Waals surface area contributed by atoms with Gasteiger partial charge in [-0.15, -0.1) is 0 Å². The molecule has 0 saturated heterocycles. The second kappa shape index (κ2) is 20.2. The van der Waals surface area contributed by atoms with Gasteiger partial charge in [0.05, 0.1) is 35.5 Å². The van der Waals surface area contributed by atoms with E-state index in [1.165, 1.54) is 62.6 Å². The molecular formula is C69H63NO7. The van der Waals surface area contributed by atoms with E-state index in [2.05, 4.69) is 159 Å². The van der Waals surface area contributed by atoms with E-state index in [0.29, 0.717) is 0 Å². The van der Waals surface area contributed by atoms with Gasteiger partial charge < -0.3 is 38.1 Å². The largest absolute Gasteiger partial charge is 0.497 e. The molecule has 0 N–H and O–H groups in total. The van der Waals surface area contributed by atoms with Crippen molar-refractivity contribution in [2.45, 2.75) is 49.7 Å². The fourth-order valence-corrected chi connectivity index (χ4v) is 12.2. The lowest BCUT2D eigenvalue weighted by atomic mass is 9.77. The van der Waals surface area contributed by atoms with Crippen LogP contribution in [0.1, 0.15) is 68.5 Å². The van der Waals surface area contributed by atoms with Crippen molar-refractivity contribution in [1.82, 2.24) is 0 Å². The number of aryl methyl sites for hydroxylation is 2. The molecule has 0 fully saturated rings. The zero-order valence-electron chi connectivity index (χ0n) is 44.9. The van der Waals surface area contributed by atoms with Gasteiger partial charge in [-0.1, -0.05) is 91.0 Å². The molecule has 8 heteroatoms. The Morgan fingerprint density at radius 1 is 0.403 bits per heavy atom. The van der Waals surface area contributed by atoms with Crippen LogP contribution in [0.3, 0.4) is 0 Å². The Hall–Kier alpha value is -8.62. The first-order chi connectivity index (χ1) is 37.7. The van der Waals surface area contributed by atoms with E-state index >= 15 is 0 Å². The molecule has 0 amide bonds. The first kappa shape index (κ1) is 49.3. The third-order valence-electron chi connectivity index (χ3n) is 16.2. The van der Waals surface area contributed by atoms with Gasteiger partial charge in [0.2, 0.25) is 0 Å². The van der Waals surface area contributed by atoms with Gasteiger partial charge in [-0.2, -0.15) is 0 Å². The highest BCUT2D eigenvalue weighted by Gasteiger charge is 2.41. The summed E-state index contributed by atoms with van der Waals surface area (Å²) in [5.74, 6) is 6.00. The lowest BCUT2D eigenvalue weighted by molar-refractivity contribution is 0.163. The predicted octanol–water partition coefficient (Wildman–Crippen LogP) is 15.1. The SMILES string of the molecule is COc1ccc(C2(c3ccc(N(C)C)cc3)C=Cc3c4c(c5ccc(OC)cc5c3O2)-c2ccc(OC)cc2CC4)cc1.COc1ccc(C2(c3ccc(OC)cc3)C=Cc3c4c(c5ccccc5c3O2)CCCC4)cc1. The Balaban J connectivity index is 0.000000159. The van der Waals surface area contributed by atoms with Crippen molar-refractivity contribution in [2.75, 3.05) is 54.5 Å². The van der Waals surface area contributed by atoms with Crippen molar-refractivity contribution in [1.29, 1.82) is 0 Å². The second-order valence-electron chi connectivity index (χ2n) is 20.5. The summed E-state index contributed by atoms with van der Waals surface area (Å²) in [7, 11) is 12.6. The molecule has 9 aromatic rings. The third-order valence-corrected chi connectivity index (χ3v) is 16.2. The molecule has 1 atom stereocenters. The summed E-state index contributed by atoms with van der Waals surface area (Å²) in [6.07, 6.45) is 15.6. The minimum Gasteiger partial charge on any atom is -0.497 e. The van der Waals surface area contributed by atoms with Crippen LogP contribution in [0.25, 0.3) is 44.8 Å². The molecule has 4 aliphatic rings. The van der Waals surface area contributed by atoms with Crippen molar-refractivity contribution < 1.29 is 33.2 Å². The number of anilines is 1. The van der Waals surface area contributed by atoms with E-state index in [1.807, 2.05) is 42.5 Å². The lowest BCUT2D eigenvalue weighted by Crippen LogP contribution is -2.34. The van der Waals surface area contributed by atoms with Gasteiger partial charge in [0, 0.05) is 63.9 Å². The number of rotatable bonds is 10. The van der Waals surface area contributed by atoms with E-state index in [4.69, 9.17) is 33.2 Å². The maximum atomic E-state index is 7.35. The van der Waals surface area contributed by atoms with Crippen LogP contribution in [0.15, 0.2) is 170 Å². The summed E-state index contributed by atoms with van der Waals surface area (Å²) in [6, 6.07) is 54.7. The van der Waals surface area contributed by atoms with Crippen molar-refractivity contribution in [3.8, 4) is 51.4 Å². The summed E-state index contributed by atoms with van der Waals surface area (Å²) in [5, 5.41) is 4.70. The standard InChI is InChI=1S/C38H35NO4.C31H28O3/c1-39(2)27-11-7-25(8-12-27)38(26-9-13-28(40-3)14-10-26)21-20-34-32-17-6-24-22-29(41-4)15-18-31(24)36(32)33-19-16-30(42-5)23-35(33)37(34)43-38;1-32-23-15-11-21(12-16-23)31(22-13-17-24(33-2)18-14-22)20-19-29-27-9-4-3-7-25(27)26-8-5-6-10-28(26)30(29)34-31/h7-16,18-23H,6,17H2,1-5H3;5-6,8,10-20H,3-4,7,9H2,1-2H3. The number of fused-ring (bicyclic) bond motifs is 14. The van der Waals surface area contributed by atoms with Crippen molar-refractivity contribution >= 4 is 39.4 Å². The van der Waals surface area contributed by atoms with E-state index in [9.17, 15) is 0 Å². The number of hydrogen-bond donors (Lipinski definition) is 0. The minimum absolute atomic E-state index is 0.753. The van der Waals surface area contributed by atoms with Gasteiger partial charge in [-0.25, -0.2) is 0 Å². The Kier molecular flexibility index (Phi) is 12.9. The van der Waals surface area contributed by atoms with Gasteiger partial charge >= 0.3 is 0 Å². The highest BCUT2D eigenvalue weighted by molar-refractivity contribution is 6.07. The van der Waals surface area contributed by atoms with Gasteiger partial charge in [0.15, 0.2) is 11.2 Å². The zero-order valence-corrected chi connectivity index (χ0v) is 44.9.